The predicted octanol–water partition coefficient (Wildman–Crippen LogP) is -0.752. The van der Waals surface area contributed by atoms with Crippen molar-refractivity contribution in [3.05, 3.63) is 0 Å². The van der Waals surface area contributed by atoms with Gasteiger partial charge in [-0.2, -0.15) is 0 Å². The molecule has 6 heteroatoms. The van der Waals surface area contributed by atoms with Gasteiger partial charge in [-0.25, -0.2) is 0 Å². The largest absolute Gasteiger partial charge is 0.344 e. The van der Waals surface area contributed by atoms with Crippen LogP contribution in [0.3, 0.4) is 0 Å². The SMILES string of the molecule is CCNC(C)CC(=O)NC1CC(=O)N(C)C1=O. The molecule has 96 valence electrons. The van der Waals surface area contributed by atoms with Crippen molar-refractivity contribution in [2.45, 2.75) is 38.8 Å². The van der Waals surface area contributed by atoms with Crippen LogP contribution in [-0.4, -0.2) is 48.3 Å². The van der Waals surface area contributed by atoms with E-state index in [2.05, 4.69) is 10.6 Å². The normalized spacial score (nSPS) is 21.8. The predicted molar refractivity (Wildman–Crippen MR) is 62.1 cm³/mol. The quantitative estimate of drug-likeness (QED) is 0.621. The number of carbonyl (C=O) groups is 3. The van der Waals surface area contributed by atoms with E-state index in [9.17, 15) is 14.4 Å². The summed E-state index contributed by atoms with van der Waals surface area (Å²) in [6, 6.07) is -0.626. The Balaban J connectivity index is 2.42. The minimum absolute atomic E-state index is 0.0601. The number of rotatable bonds is 5. The van der Waals surface area contributed by atoms with Gasteiger partial charge < -0.3 is 10.6 Å². The van der Waals surface area contributed by atoms with Crippen molar-refractivity contribution < 1.29 is 14.4 Å². The van der Waals surface area contributed by atoms with Gasteiger partial charge in [0.2, 0.25) is 11.8 Å². The van der Waals surface area contributed by atoms with Gasteiger partial charge in [0.15, 0.2) is 0 Å². The fraction of sp³-hybridized carbons (Fsp3) is 0.727. The molecule has 2 unspecified atom stereocenters. The minimum Gasteiger partial charge on any atom is -0.344 e. The maximum Gasteiger partial charge on any atom is 0.252 e. The van der Waals surface area contributed by atoms with Crippen molar-refractivity contribution in [2.75, 3.05) is 13.6 Å². The molecule has 2 N–H and O–H groups in total. The molecule has 0 spiro atoms. The molecule has 1 aliphatic rings. The Morgan fingerprint density at radius 2 is 2.18 bits per heavy atom. The monoisotopic (exact) mass is 241 g/mol. The molecule has 1 rings (SSSR count). The molecule has 0 aromatic rings. The van der Waals surface area contributed by atoms with E-state index >= 15 is 0 Å². The zero-order chi connectivity index (χ0) is 13.0. The van der Waals surface area contributed by atoms with Crippen LogP contribution in [-0.2, 0) is 14.4 Å². The number of imide groups is 1. The van der Waals surface area contributed by atoms with Crippen LogP contribution in [0.15, 0.2) is 0 Å². The van der Waals surface area contributed by atoms with Crippen LogP contribution in [0.25, 0.3) is 0 Å². The van der Waals surface area contributed by atoms with E-state index in [1.165, 1.54) is 7.05 Å². The van der Waals surface area contributed by atoms with Crippen LogP contribution >= 0.6 is 0 Å². The number of hydrogen-bond donors (Lipinski definition) is 2. The van der Waals surface area contributed by atoms with Crippen molar-refractivity contribution >= 4 is 17.7 Å². The van der Waals surface area contributed by atoms with Crippen LogP contribution in [0.1, 0.15) is 26.7 Å². The summed E-state index contributed by atoms with van der Waals surface area (Å²) in [5.74, 6) is -0.792. The Labute approximate surface area is 101 Å². The number of amides is 3. The van der Waals surface area contributed by atoms with E-state index in [1.54, 1.807) is 0 Å². The summed E-state index contributed by atoms with van der Waals surface area (Å²) in [7, 11) is 1.43. The second kappa shape index (κ2) is 5.77. The van der Waals surface area contributed by atoms with Gasteiger partial charge in [-0.1, -0.05) is 6.92 Å². The van der Waals surface area contributed by atoms with Gasteiger partial charge in [0.05, 0.1) is 6.42 Å². The lowest BCUT2D eigenvalue weighted by molar-refractivity contribution is -0.138. The number of likely N-dealkylation sites (tertiary alicyclic amines) is 1. The molecule has 1 aliphatic heterocycles. The lowest BCUT2D eigenvalue weighted by atomic mass is 10.2. The third-order valence-electron chi connectivity index (χ3n) is 2.76. The average molecular weight is 241 g/mol. The van der Waals surface area contributed by atoms with Crippen LogP contribution in [0.2, 0.25) is 0 Å². The average Bonchev–Trinajstić information content (AvgIpc) is 2.46. The van der Waals surface area contributed by atoms with Crippen LogP contribution < -0.4 is 10.6 Å². The van der Waals surface area contributed by atoms with Crippen molar-refractivity contribution in [2.24, 2.45) is 0 Å². The second-order valence-corrected chi connectivity index (χ2v) is 4.28. The first-order chi connectivity index (χ1) is 7.95. The van der Waals surface area contributed by atoms with Crippen molar-refractivity contribution in [1.82, 2.24) is 15.5 Å². The van der Waals surface area contributed by atoms with Crippen LogP contribution in [0.4, 0.5) is 0 Å². The van der Waals surface area contributed by atoms with Crippen molar-refractivity contribution in [3.8, 4) is 0 Å². The number of nitrogens with zero attached hydrogens (tertiary/aromatic N) is 1. The molecule has 0 bridgehead atoms. The number of hydrogen-bond acceptors (Lipinski definition) is 4. The van der Waals surface area contributed by atoms with E-state index in [4.69, 9.17) is 0 Å². The number of likely N-dealkylation sites (N-methyl/N-ethyl adjacent to an activating group) is 1. The smallest absolute Gasteiger partial charge is 0.252 e. The molecule has 0 radical (unpaired) electrons. The Morgan fingerprint density at radius 1 is 1.53 bits per heavy atom. The molecule has 6 nitrogen and oxygen atoms in total. The highest BCUT2D eigenvalue weighted by molar-refractivity contribution is 6.06. The molecule has 0 aromatic carbocycles. The van der Waals surface area contributed by atoms with Gasteiger partial charge in [0.1, 0.15) is 6.04 Å². The van der Waals surface area contributed by atoms with Gasteiger partial charge >= 0.3 is 0 Å². The molecular formula is C11H19N3O3. The summed E-state index contributed by atoms with van der Waals surface area (Å²) < 4.78 is 0. The summed E-state index contributed by atoms with van der Waals surface area (Å²) >= 11 is 0. The van der Waals surface area contributed by atoms with E-state index in [0.29, 0.717) is 6.42 Å². The first kappa shape index (κ1) is 13.6. The van der Waals surface area contributed by atoms with Crippen LogP contribution in [0.5, 0.6) is 0 Å². The zero-order valence-electron chi connectivity index (χ0n) is 10.4. The maximum absolute atomic E-state index is 11.6. The lowest BCUT2D eigenvalue weighted by Crippen LogP contribution is -2.42. The fourth-order valence-corrected chi connectivity index (χ4v) is 1.82. The molecule has 3 amide bonds. The summed E-state index contributed by atoms with van der Waals surface area (Å²) in [4.78, 5) is 35.4. The molecule has 0 aliphatic carbocycles. The molecule has 1 heterocycles. The van der Waals surface area contributed by atoms with E-state index in [0.717, 1.165) is 11.4 Å². The van der Waals surface area contributed by atoms with Gasteiger partial charge in [-0.05, 0) is 13.5 Å². The van der Waals surface area contributed by atoms with Gasteiger partial charge in [0.25, 0.3) is 5.91 Å². The first-order valence-electron chi connectivity index (χ1n) is 5.78. The van der Waals surface area contributed by atoms with Gasteiger partial charge in [-0.3, -0.25) is 19.3 Å². The van der Waals surface area contributed by atoms with E-state index in [1.807, 2.05) is 13.8 Å². The molecule has 0 saturated carbocycles. The van der Waals surface area contributed by atoms with E-state index in [-0.39, 0.29) is 30.2 Å². The van der Waals surface area contributed by atoms with E-state index < -0.39 is 6.04 Å². The molecule has 1 saturated heterocycles. The summed E-state index contributed by atoms with van der Waals surface area (Å²) in [6.45, 7) is 4.65. The van der Waals surface area contributed by atoms with Crippen molar-refractivity contribution in [3.63, 3.8) is 0 Å². The maximum atomic E-state index is 11.6. The number of carbonyl (C=O) groups excluding carboxylic acids is 3. The molecule has 0 aromatic heterocycles. The molecule has 2 atom stereocenters. The highest BCUT2D eigenvalue weighted by atomic mass is 16.2. The lowest BCUT2D eigenvalue weighted by Gasteiger charge is -2.14. The summed E-state index contributed by atoms with van der Waals surface area (Å²) in [6.07, 6.45) is 0.367. The Morgan fingerprint density at radius 3 is 2.65 bits per heavy atom. The molecule has 17 heavy (non-hydrogen) atoms. The van der Waals surface area contributed by atoms with Gasteiger partial charge in [0, 0.05) is 19.5 Å². The van der Waals surface area contributed by atoms with Gasteiger partial charge in [-0.15, -0.1) is 0 Å². The zero-order valence-corrected chi connectivity index (χ0v) is 10.4. The first-order valence-corrected chi connectivity index (χ1v) is 5.78. The summed E-state index contributed by atoms with van der Waals surface area (Å²) in [5, 5.41) is 5.69. The van der Waals surface area contributed by atoms with Crippen LogP contribution in [0, 0.1) is 0 Å². The highest BCUT2D eigenvalue weighted by Gasteiger charge is 2.36. The third kappa shape index (κ3) is 3.52. The standard InChI is InChI=1S/C11H19N3O3/c1-4-12-7(2)5-9(15)13-8-6-10(16)14(3)11(8)17/h7-8,12H,4-6H2,1-3H3,(H,13,15). The third-order valence-corrected chi connectivity index (χ3v) is 2.76. The topological polar surface area (TPSA) is 78.5 Å². The Bertz CT molecular complexity index is 330. The highest BCUT2D eigenvalue weighted by Crippen LogP contribution is 2.10. The second-order valence-electron chi connectivity index (χ2n) is 4.28. The van der Waals surface area contributed by atoms with Crippen molar-refractivity contribution in [1.29, 1.82) is 0 Å². The molecular weight excluding hydrogens is 222 g/mol. The number of nitrogens with one attached hydrogen (secondary N) is 2. The Hall–Kier alpha value is -1.43. The fourth-order valence-electron chi connectivity index (χ4n) is 1.82. The minimum atomic E-state index is -0.686. The molecule has 1 fully saturated rings. The Kier molecular flexibility index (Phi) is 4.62. The summed E-state index contributed by atoms with van der Waals surface area (Å²) in [5.41, 5.74) is 0.